The molecule has 0 aromatic heterocycles. The quantitative estimate of drug-likeness (QED) is 0.568. The van der Waals surface area contributed by atoms with Gasteiger partial charge >= 0.3 is 5.97 Å². The maximum Gasteiger partial charge on any atom is 0.309 e. The number of hydrogen-bond acceptors (Lipinski definition) is 4. The molecule has 0 saturated carbocycles. The lowest BCUT2D eigenvalue weighted by molar-refractivity contribution is -0.317. The first-order chi connectivity index (χ1) is 5.86. The minimum absolute atomic E-state index is 0.00935. The average molecular weight is 189 g/mol. The topological polar surface area (TPSA) is 97.7 Å². The third-order valence-corrected chi connectivity index (χ3v) is 1.67. The smallest absolute Gasteiger partial charge is 0.309 e. The number of aliphatic hydroxyl groups is 1. The van der Waals surface area contributed by atoms with E-state index >= 15 is 0 Å². The van der Waals surface area contributed by atoms with E-state index in [1.807, 2.05) is 0 Å². The lowest BCUT2D eigenvalue weighted by Crippen LogP contribution is -2.43. The third kappa shape index (κ3) is 3.89. The van der Waals surface area contributed by atoms with Gasteiger partial charge in [0.2, 0.25) is 0 Å². The number of aliphatic carboxylic acids is 2. The molecule has 0 aliphatic rings. The highest BCUT2D eigenvalue weighted by molar-refractivity contribution is 5.80. The Bertz CT molecular complexity index is 199. The fraction of sp³-hybridized carbons (Fsp3) is 0.750. The molecule has 0 aliphatic heterocycles. The van der Waals surface area contributed by atoms with Crippen LogP contribution in [0.5, 0.6) is 0 Å². The van der Waals surface area contributed by atoms with E-state index in [0.717, 1.165) is 0 Å². The van der Waals surface area contributed by atoms with Crippen LogP contribution in [0.1, 0.15) is 20.3 Å². The predicted octanol–water partition coefficient (Wildman–Crippen LogP) is -1.16. The molecule has 0 rings (SSSR count). The summed E-state index contributed by atoms with van der Waals surface area (Å²) in [6.45, 7) is 3.50. The van der Waals surface area contributed by atoms with Gasteiger partial charge in [0.05, 0.1) is 11.9 Å². The first kappa shape index (κ1) is 11.9. The van der Waals surface area contributed by atoms with E-state index < -0.39 is 24.0 Å². The zero-order chi connectivity index (χ0) is 10.6. The van der Waals surface area contributed by atoms with Gasteiger partial charge in [-0.05, 0) is 12.3 Å². The van der Waals surface area contributed by atoms with Crippen molar-refractivity contribution < 1.29 is 24.9 Å². The lowest BCUT2D eigenvalue weighted by atomic mass is 9.92. The maximum absolute atomic E-state index is 10.5. The molecule has 76 valence electrons. The van der Waals surface area contributed by atoms with Crippen molar-refractivity contribution in [1.29, 1.82) is 0 Å². The van der Waals surface area contributed by atoms with Crippen molar-refractivity contribution in [3.63, 3.8) is 0 Å². The minimum atomic E-state index is -1.93. The molecule has 0 radical (unpaired) electrons. The molecular formula is C8H13O5-. The zero-order valence-corrected chi connectivity index (χ0v) is 7.56. The van der Waals surface area contributed by atoms with E-state index in [9.17, 15) is 14.7 Å². The van der Waals surface area contributed by atoms with Gasteiger partial charge in [-0.25, -0.2) is 0 Å². The van der Waals surface area contributed by atoms with Crippen LogP contribution in [-0.2, 0) is 9.59 Å². The lowest BCUT2D eigenvalue weighted by Gasteiger charge is -2.21. The Labute approximate surface area is 76.0 Å². The highest BCUT2D eigenvalue weighted by Crippen LogP contribution is 2.15. The molecule has 0 heterocycles. The van der Waals surface area contributed by atoms with Crippen LogP contribution in [0.4, 0.5) is 0 Å². The summed E-state index contributed by atoms with van der Waals surface area (Å²) in [6.07, 6.45) is -1.82. The Morgan fingerprint density at radius 1 is 1.38 bits per heavy atom. The summed E-state index contributed by atoms with van der Waals surface area (Å²) < 4.78 is 0. The number of carbonyl (C=O) groups excluding carboxylic acids is 1. The molecule has 2 atom stereocenters. The Morgan fingerprint density at radius 3 is 2.08 bits per heavy atom. The number of carbonyl (C=O) groups is 2. The second kappa shape index (κ2) is 4.81. The Morgan fingerprint density at radius 2 is 1.85 bits per heavy atom. The molecule has 13 heavy (non-hydrogen) atoms. The summed E-state index contributed by atoms with van der Waals surface area (Å²) in [5, 5.41) is 27.8. The van der Waals surface area contributed by atoms with Gasteiger partial charge in [-0.2, -0.15) is 0 Å². The van der Waals surface area contributed by atoms with Crippen LogP contribution in [0.25, 0.3) is 0 Å². The van der Waals surface area contributed by atoms with E-state index in [4.69, 9.17) is 10.2 Å². The second-order valence-corrected chi connectivity index (χ2v) is 3.34. The van der Waals surface area contributed by atoms with Crippen LogP contribution >= 0.6 is 0 Å². The first-order valence-electron chi connectivity index (χ1n) is 3.98. The predicted molar refractivity (Wildman–Crippen MR) is 41.6 cm³/mol. The van der Waals surface area contributed by atoms with Crippen LogP contribution < -0.4 is 5.11 Å². The number of carboxylic acid groups (broad SMARTS) is 2. The van der Waals surface area contributed by atoms with Crippen molar-refractivity contribution in [3.05, 3.63) is 0 Å². The van der Waals surface area contributed by atoms with Crippen LogP contribution in [0.15, 0.2) is 0 Å². The molecule has 0 spiro atoms. The van der Waals surface area contributed by atoms with Crippen molar-refractivity contribution in [2.75, 3.05) is 0 Å². The molecule has 0 aliphatic carbocycles. The monoisotopic (exact) mass is 189 g/mol. The van der Waals surface area contributed by atoms with Gasteiger partial charge < -0.3 is 20.1 Å². The van der Waals surface area contributed by atoms with Gasteiger partial charge in [0.1, 0.15) is 6.10 Å². The van der Waals surface area contributed by atoms with Crippen LogP contribution in [0, 0.1) is 11.8 Å². The van der Waals surface area contributed by atoms with Gasteiger partial charge in [-0.1, -0.05) is 13.8 Å². The molecule has 0 aromatic carbocycles. The normalized spacial score (nSPS) is 15.4. The highest BCUT2D eigenvalue weighted by Gasteiger charge is 2.27. The minimum Gasteiger partial charge on any atom is -0.547 e. The van der Waals surface area contributed by atoms with Crippen LogP contribution in [-0.4, -0.2) is 28.3 Å². The number of aliphatic hydroxyl groups excluding tert-OH is 1. The molecule has 0 fully saturated rings. The molecule has 5 nitrogen and oxygen atoms in total. The molecule has 0 aromatic rings. The summed E-state index contributed by atoms with van der Waals surface area (Å²) in [6, 6.07) is 0. The summed E-state index contributed by atoms with van der Waals surface area (Å²) in [4.78, 5) is 20.7. The third-order valence-electron chi connectivity index (χ3n) is 1.67. The molecule has 5 heteroatoms. The maximum atomic E-state index is 10.5. The molecule has 0 saturated heterocycles. The van der Waals surface area contributed by atoms with Crippen molar-refractivity contribution in [2.24, 2.45) is 11.8 Å². The molecule has 2 N–H and O–H groups in total. The number of hydrogen-bond donors (Lipinski definition) is 2. The molecule has 2 unspecified atom stereocenters. The molecular weight excluding hydrogens is 176 g/mol. The Kier molecular flexibility index (Phi) is 4.40. The fourth-order valence-electron chi connectivity index (χ4n) is 1.04. The van der Waals surface area contributed by atoms with Crippen molar-refractivity contribution in [3.8, 4) is 0 Å². The fourth-order valence-corrected chi connectivity index (χ4v) is 1.04. The Hall–Kier alpha value is -1.10. The average Bonchev–Trinajstić information content (AvgIpc) is 1.97. The van der Waals surface area contributed by atoms with E-state index in [-0.39, 0.29) is 12.3 Å². The largest absolute Gasteiger partial charge is 0.547 e. The van der Waals surface area contributed by atoms with Gasteiger partial charge in [0.25, 0.3) is 0 Å². The Balaban J connectivity index is 4.42. The first-order valence-corrected chi connectivity index (χ1v) is 3.98. The van der Waals surface area contributed by atoms with Gasteiger partial charge in [-0.3, -0.25) is 4.79 Å². The second-order valence-electron chi connectivity index (χ2n) is 3.34. The standard InChI is InChI=1S/C8H14O5/c1-4(2)3-5(7(10)11)6(9)8(12)13/h4-6,9H,3H2,1-2H3,(H,10,11)(H,12,13)/p-1. The van der Waals surface area contributed by atoms with Gasteiger partial charge in [-0.15, -0.1) is 0 Å². The number of rotatable bonds is 5. The summed E-state index contributed by atoms with van der Waals surface area (Å²) in [5.74, 6) is -4.33. The van der Waals surface area contributed by atoms with Gasteiger partial charge in [0.15, 0.2) is 0 Å². The summed E-state index contributed by atoms with van der Waals surface area (Å²) in [5.41, 5.74) is 0. The summed E-state index contributed by atoms with van der Waals surface area (Å²) in [7, 11) is 0. The van der Waals surface area contributed by atoms with E-state index in [2.05, 4.69) is 0 Å². The van der Waals surface area contributed by atoms with E-state index in [1.54, 1.807) is 13.8 Å². The SMILES string of the molecule is CC(C)CC(C(=O)O)C(O)C(=O)[O-]. The molecule has 0 bridgehead atoms. The zero-order valence-electron chi connectivity index (χ0n) is 7.56. The van der Waals surface area contributed by atoms with Gasteiger partial charge in [0, 0.05) is 0 Å². The van der Waals surface area contributed by atoms with Crippen LogP contribution in [0.3, 0.4) is 0 Å². The number of carboxylic acids is 2. The van der Waals surface area contributed by atoms with Crippen molar-refractivity contribution in [2.45, 2.75) is 26.4 Å². The van der Waals surface area contributed by atoms with E-state index in [1.165, 1.54) is 0 Å². The molecule has 0 amide bonds. The summed E-state index contributed by atoms with van der Waals surface area (Å²) >= 11 is 0. The van der Waals surface area contributed by atoms with Crippen molar-refractivity contribution in [1.82, 2.24) is 0 Å². The van der Waals surface area contributed by atoms with Crippen molar-refractivity contribution >= 4 is 11.9 Å². The van der Waals surface area contributed by atoms with E-state index in [0.29, 0.717) is 0 Å². The highest BCUT2D eigenvalue weighted by atomic mass is 16.4. The van der Waals surface area contributed by atoms with Crippen LogP contribution in [0.2, 0.25) is 0 Å².